The number of aryl methyl sites for hydroxylation is 1. The van der Waals surface area contributed by atoms with Crippen molar-refractivity contribution in [2.45, 2.75) is 12.8 Å². The second-order valence-electron chi connectivity index (χ2n) is 3.59. The van der Waals surface area contributed by atoms with Crippen molar-refractivity contribution in [3.8, 4) is 0 Å². The quantitative estimate of drug-likeness (QED) is 0.829. The molecule has 0 aromatic heterocycles. The Balaban J connectivity index is 3.09. The zero-order valence-electron chi connectivity index (χ0n) is 8.93. The van der Waals surface area contributed by atoms with E-state index < -0.39 is 11.6 Å². The largest absolute Gasteiger partial charge is 0.396 e. The van der Waals surface area contributed by atoms with Crippen molar-refractivity contribution < 1.29 is 13.9 Å². The first kappa shape index (κ1) is 11.9. The molecule has 1 aromatic rings. The van der Waals surface area contributed by atoms with Crippen molar-refractivity contribution >= 4 is 5.69 Å². The third kappa shape index (κ3) is 2.65. The van der Waals surface area contributed by atoms with Crippen molar-refractivity contribution in [1.29, 1.82) is 0 Å². The SMILES string of the molecule is CN(C)c1c(CCCO)ccc(F)c1F. The van der Waals surface area contributed by atoms with Crippen LogP contribution in [-0.4, -0.2) is 25.8 Å². The fraction of sp³-hybridized carbons (Fsp3) is 0.455. The van der Waals surface area contributed by atoms with Crippen LogP contribution < -0.4 is 4.90 Å². The first-order valence-electron chi connectivity index (χ1n) is 4.83. The molecule has 0 atom stereocenters. The number of aliphatic hydroxyl groups is 1. The lowest BCUT2D eigenvalue weighted by Gasteiger charge is -2.18. The summed E-state index contributed by atoms with van der Waals surface area (Å²) in [5.41, 5.74) is 0.983. The summed E-state index contributed by atoms with van der Waals surface area (Å²) < 4.78 is 26.5. The summed E-state index contributed by atoms with van der Waals surface area (Å²) >= 11 is 0. The maximum absolute atomic E-state index is 13.5. The molecule has 15 heavy (non-hydrogen) atoms. The van der Waals surface area contributed by atoms with Crippen LogP contribution in [0.2, 0.25) is 0 Å². The van der Waals surface area contributed by atoms with Gasteiger partial charge in [0, 0.05) is 20.7 Å². The molecule has 0 spiro atoms. The zero-order valence-corrected chi connectivity index (χ0v) is 8.93. The number of hydrogen-bond donors (Lipinski definition) is 1. The summed E-state index contributed by atoms with van der Waals surface area (Å²) in [6.07, 6.45) is 1.09. The molecule has 1 rings (SSSR count). The van der Waals surface area contributed by atoms with Crippen LogP contribution in [0.1, 0.15) is 12.0 Å². The van der Waals surface area contributed by atoms with E-state index in [0.717, 1.165) is 6.07 Å². The Morgan fingerprint density at radius 3 is 2.47 bits per heavy atom. The summed E-state index contributed by atoms with van der Waals surface area (Å²) in [7, 11) is 3.33. The van der Waals surface area contributed by atoms with Crippen molar-refractivity contribution in [3.63, 3.8) is 0 Å². The number of nitrogens with zero attached hydrogens (tertiary/aromatic N) is 1. The van der Waals surface area contributed by atoms with Crippen LogP contribution in [0.15, 0.2) is 12.1 Å². The molecule has 0 aliphatic heterocycles. The number of anilines is 1. The van der Waals surface area contributed by atoms with Gasteiger partial charge in [0.2, 0.25) is 0 Å². The fourth-order valence-corrected chi connectivity index (χ4v) is 1.53. The third-order valence-corrected chi connectivity index (χ3v) is 2.20. The molecule has 0 aliphatic carbocycles. The molecule has 1 aromatic carbocycles. The number of halogens is 2. The molecule has 0 aliphatic rings. The van der Waals surface area contributed by atoms with E-state index in [-0.39, 0.29) is 12.3 Å². The average Bonchev–Trinajstić information content (AvgIpc) is 2.19. The van der Waals surface area contributed by atoms with Gasteiger partial charge in [-0.1, -0.05) is 6.07 Å². The Morgan fingerprint density at radius 1 is 1.27 bits per heavy atom. The van der Waals surface area contributed by atoms with Crippen LogP contribution in [0, 0.1) is 11.6 Å². The lowest BCUT2D eigenvalue weighted by molar-refractivity contribution is 0.288. The molecule has 0 heterocycles. The lowest BCUT2D eigenvalue weighted by atomic mass is 10.1. The summed E-state index contributed by atoms with van der Waals surface area (Å²) in [6, 6.07) is 2.68. The highest BCUT2D eigenvalue weighted by atomic mass is 19.2. The minimum atomic E-state index is -0.841. The highest BCUT2D eigenvalue weighted by Crippen LogP contribution is 2.25. The number of benzene rings is 1. The van der Waals surface area contributed by atoms with Crippen molar-refractivity contribution in [1.82, 2.24) is 0 Å². The van der Waals surface area contributed by atoms with E-state index >= 15 is 0 Å². The van der Waals surface area contributed by atoms with Gasteiger partial charge in [-0.3, -0.25) is 0 Å². The van der Waals surface area contributed by atoms with Gasteiger partial charge < -0.3 is 10.0 Å². The second-order valence-corrected chi connectivity index (χ2v) is 3.59. The van der Waals surface area contributed by atoms with Gasteiger partial charge in [-0.05, 0) is 24.5 Å². The Bertz CT molecular complexity index is 340. The normalized spacial score (nSPS) is 10.5. The van der Waals surface area contributed by atoms with Crippen molar-refractivity contribution in [2.75, 3.05) is 25.6 Å². The smallest absolute Gasteiger partial charge is 0.182 e. The van der Waals surface area contributed by atoms with E-state index in [1.165, 1.54) is 0 Å². The molecule has 2 nitrogen and oxygen atoms in total. The Morgan fingerprint density at radius 2 is 1.93 bits per heavy atom. The van der Waals surface area contributed by atoms with Gasteiger partial charge in [0.25, 0.3) is 0 Å². The summed E-state index contributed by atoms with van der Waals surface area (Å²) in [5, 5.41) is 8.70. The monoisotopic (exact) mass is 215 g/mol. The predicted molar refractivity (Wildman–Crippen MR) is 56.1 cm³/mol. The fourth-order valence-electron chi connectivity index (χ4n) is 1.53. The minimum Gasteiger partial charge on any atom is -0.396 e. The van der Waals surface area contributed by atoms with Gasteiger partial charge in [0.15, 0.2) is 11.6 Å². The molecule has 0 bridgehead atoms. The first-order chi connectivity index (χ1) is 7.07. The predicted octanol–water partition coefficient (Wildman–Crippen LogP) is 1.96. The van der Waals surface area contributed by atoms with Crippen LogP contribution in [0.25, 0.3) is 0 Å². The van der Waals surface area contributed by atoms with Crippen molar-refractivity contribution in [3.05, 3.63) is 29.3 Å². The Hall–Kier alpha value is -1.16. The summed E-state index contributed by atoms with van der Waals surface area (Å²) in [5.74, 6) is -1.66. The number of aliphatic hydroxyl groups excluding tert-OH is 1. The van der Waals surface area contributed by atoms with Crippen molar-refractivity contribution in [2.24, 2.45) is 0 Å². The first-order valence-corrected chi connectivity index (χ1v) is 4.83. The zero-order chi connectivity index (χ0) is 11.4. The van der Waals surface area contributed by atoms with E-state index in [0.29, 0.717) is 18.4 Å². The summed E-state index contributed by atoms with van der Waals surface area (Å²) in [6.45, 7) is 0.0475. The van der Waals surface area contributed by atoms with E-state index in [4.69, 9.17) is 5.11 Å². The lowest BCUT2D eigenvalue weighted by Crippen LogP contribution is -2.14. The standard InChI is InChI=1S/C11H15F2NO/c1-14(2)11-8(4-3-7-15)5-6-9(12)10(11)13/h5-6,15H,3-4,7H2,1-2H3. The van der Waals surface area contributed by atoms with E-state index in [9.17, 15) is 8.78 Å². The van der Waals surface area contributed by atoms with E-state index in [1.54, 1.807) is 25.1 Å². The second kappa shape index (κ2) is 5.07. The van der Waals surface area contributed by atoms with Gasteiger partial charge in [-0.2, -0.15) is 0 Å². The highest BCUT2D eigenvalue weighted by Gasteiger charge is 2.14. The molecule has 0 saturated carbocycles. The van der Waals surface area contributed by atoms with E-state index in [2.05, 4.69) is 0 Å². The molecule has 0 fully saturated rings. The van der Waals surface area contributed by atoms with Crippen LogP contribution in [0.3, 0.4) is 0 Å². The molecule has 0 unspecified atom stereocenters. The van der Waals surface area contributed by atoms with Gasteiger partial charge in [0.05, 0.1) is 5.69 Å². The maximum atomic E-state index is 13.5. The van der Waals surface area contributed by atoms with Crippen LogP contribution in [-0.2, 0) is 6.42 Å². The van der Waals surface area contributed by atoms with Gasteiger partial charge in [0.1, 0.15) is 0 Å². The molecule has 0 saturated heterocycles. The molecule has 0 amide bonds. The molecular formula is C11H15F2NO. The number of hydrogen-bond acceptors (Lipinski definition) is 2. The van der Waals surface area contributed by atoms with Crippen LogP contribution >= 0.6 is 0 Å². The third-order valence-electron chi connectivity index (χ3n) is 2.20. The molecular weight excluding hydrogens is 200 g/mol. The van der Waals surface area contributed by atoms with Crippen LogP contribution in [0.4, 0.5) is 14.5 Å². The molecule has 84 valence electrons. The Labute approximate surface area is 88.1 Å². The van der Waals surface area contributed by atoms with E-state index in [1.807, 2.05) is 0 Å². The maximum Gasteiger partial charge on any atom is 0.182 e. The average molecular weight is 215 g/mol. The Kier molecular flexibility index (Phi) is 4.03. The van der Waals surface area contributed by atoms with Gasteiger partial charge in [-0.25, -0.2) is 8.78 Å². The number of rotatable bonds is 4. The molecule has 0 radical (unpaired) electrons. The van der Waals surface area contributed by atoms with Gasteiger partial charge in [-0.15, -0.1) is 0 Å². The van der Waals surface area contributed by atoms with Gasteiger partial charge >= 0.3 is 0 Å². The minimum absolute atomic E-state index is 0.0475. The summed E-state index contributed by atoms with van der Waals surface area (Å²) in [4.78, 5) is 1.55. The molecule has 4 heteroatoms. The highest BCUT2D eigenvalue weighted by molar-refractivity contribution is 5.54. The molecule has 1 N–H and O–H groups in total. The topological polar surface area (TPSA) is 23.5 Å². The van der Waals surface area contributed by atoms with Crippen LogP contribution in [0.5, 0.6) is 0 Å².